The van der Waals surface area contributed by atoms with Crippen LogP contribution in [-0.2, 0) is 0 Å². The van der Waals surface area contributed by atoms with Crippen LogP contribution in [0.5, 0.6) is 5.75 Å². The Morgan fingerprint density at radius 1 is 0.880 bits per heavy atom. The van der Waals surface area contributed by atoms with Crippen molar-refractivity contribution in [2.24, 2.45) is 0 Å². The van der Waals surface area contributed by atoms with Crippen molar-refractivity contribution in [3.8, 4) is 5.75 Å². The number of nitrogens with zero attached hydrogens (tertiary/aromatic N) is 1. The summed E-state index contributed by atoms with van der Waals surface area (Å²) in [4.78, 5) is 2.23. The molecule has 1 N–H and O–H groups in total. The smallest absolute Gasteiger partial charge is 0.159 e. The molecule has 128 valence electrons. The van der Waals surface area contributed by atoms with Gasteiger partial charge < -0.3 is 5.11 Å². The third-order valence-corrected chi connectivity index (χ3v) is 4.99. The van der Waals surface area contributed by atoms with E-state index >= 15 is 0 Å². The number of hydrogen-bond donors (Lipinski definition) is 1. The van der Waals surface area contributed by atoms with Gasteiger partial charge in [-0.1, -0.05) is 36.4 Å². The van der Waals surface area contributed by atoms with Crippen LogP contribution >= 0.6 is 0 Å². The first-order chi connectivity index (χ1) is 12.1. The van der Waals surface area contributed by atoms with Gasteiger partial charge in [-0.15, -0.1) is 0 Å². The van der Waals surface area contributed by atoms with Crippen molar-refractivity contribution in [2.75, 3.05) is 13.1 Å². The maximum atomic E-state index is 13.9. The van der Waals surface area contributed by atoms with Crippen LogP contribution < -0.4 is 0 Å². The molecule has 3 aromatic carbocycles. The van der Waals surface area contributed by atoms with Crippen LogP contribution in [-0.4, -0.2) is 23.1 Å². The molecule has 4 heteroatoms. The van der Waals surface area contributed by atoms with E-state index in [9.17, 15) is 13.9 Å². The Hall–Kier alpha value is -2.46. The molecule has 25 heavy (non-hydrogen) atoms. The third kappa shape index (κ3) is 2.87. The van der Waals surface area contributed by atoms with Crippen molar-refractivity contribution in [3.05, 3.63) is 77.4 Å². The molecule has 0 bridgehead atoms. The van der Waals surface area contributed by atoms with Crippen LogP contribution in [0.2, 0.25) is 0 Å². The summed E-state index contributed by atoms with van der Waals surface area (Å²) in [5, 5.41) is 12.6. The average molecular weight is 339 g/mol. The second-order valence-corrected chi connectivity index (χ2v) is 6.54. The highest BCUT2D eigenvalue weighted by atomic mass is 19.2. The first-order valence-corrected chi connectivity index (χ1v) is 8.55. The molecule has 4 rings (SSSR count). The van der Waals surface area contributed by atoms with E-state index in [4.69, 9.17) is 0 Å². The van der Waals surface area contributed by atoms with Crippen molar-refractivity contribution in [1.29, 1.82) is 0 Å². The molecule has 0 amide bonds. The van der Waals surface area contributed by atoms with Gasteiger partial charge in [0.2, 0.25) is 0 Å². The lowest BCUT2D eigenvalue weighted by molar-refractivity contribution is 0.276. The van der Waals surface area contributed by atoms with Crippen molar-refractivity contribution in [3.63, 3.8) is 0 Å². The molecule has 2 nitrogen and oxygen atoms in total. The fourth-order valence-electron chi connectivity index (χ4n) is 3.81. The number of phenolic OH excluding ortho intramolecular Hbond substituents is 1. The summed E-state index contributed by atoms with van der Waals surface area (Å²) >= 11 is 0. The number of likely N-dealkylation sites (tertiary alicyclic amines) is 1. The van der Waals surface area contributed by atoms with E-state index in [1.165, 1.54) is 6.07 Å². The van der Waals surface area contributed by atoms with Gasteiger partial charge in [0.1, 0.15) is 5.75 Å². The number of aromatic hydroxyl groups is 1. The van der Waals surface area contributed by atoms with Gasteiger partial charge in [0.15, 0.2) is 11.6 Å². The zero-order chi connectivity index (χ0) is 17.4. The summed E-state index contributed by atoms with van der Waals surface area (Å²) < 4.78 is 27.3. The van der Waals surface area contributed by atoms with Crippen molar-refractivity contribution >= 4 is 10.8 Å². The summed E-state index contributed by atoms with van der Waals surface area (Å²) in [5.41, 5.74) is 1.42. The Morgan fingerprint density at radius 3 is 2.40 bits per heavy atom. The SMILES string of the molecule is Oc1ccc2ccccc2c1C(c1ccc(F)c(F)c1)N1CCCC1. The zero-order valence-corrected chi connectivity index (χ0v) is 13.8. The van der Waals surface area contributed by atoms with Crippen LogP contribution in [0.3, 0.4) is 0 Å². The maximum absolute atomic E-state index is 13.9. The normalized spacial score (nSPS) is 16.4. The summed E-state index contributed by atoms with van der Waals surface area (Å²) in [6.07, 6.45) is 2.12. The minimum absolute atomic E-state index is 0.181. The van der Waals surface area contributed by atoms with Crippen LogP contribution in [0.4, 0.5) is 8.78 Å². The monoisotopic (exact) mass is 339 g/mol. The van der Waals surface area contributed by atoms with Crippen LogP contribution in [0, 0.1) is 11.6 Å². The van der Waals surface area contributed by atoms with E-state index in [0.717, 1.165) is 48.3 Å². The fraction of sp³-hybridized carbons (Fsp3) is 0.238. The Balaban J connectivity index is 1.95. The molecular formula is C21H19F2NO. The quantitative estimate of drug-likeness (QED) is 0.725. The second kappa shape index (κ2) is 6.45. The lowest BCUT2D eigenvalue weighted by Crippen LogP contribution is -2.27. The zero-order valence-electron chi connectivity index (χ0n) is 13.8. The van der Waals surface area contributed by atoms with Gasteiger partial charge in [0.25, 0.3) is 0 Å². The molecule has 1 saturated heterocycles. The molecular weight excluding hydrogens is 320 g/mol. The molecule has 0 radical (unpaired) electrons. The number of benzene rings is 3. The number of halogens is 2. The predicted molar refractivity (Wildman–Crippen MR) is 94.6 cm³/mol. The van der Waals surface area contributed by atoms with E-state index in [-0.39, 0.29) is 11.8 Å². The van der Waals surface area contributed by atoms with Gasteiger partial charge in [-0.25, -0.2) is 8.78 Å². The first-order valence-electron chi connectivity index (χ1n) is 8.55. The number of phenols is 1. The second-order valence-electron chi connectivity index (χ2n) is 6.54. The lowest BCUT2D eigenvalue weighted by atomic mass is 9.91. The first kappa shape index (κ1) is 16.0. The van der Waals surface area contributed by atoms with Gasteiger partial charge in [-0.05, 0) is 60.5 Å². The van der Waals surface area contributed by atoms with E-state index in [2.05, 4.69) is 4.90 Å². The van der Waals surface area contributed by atoms with Gasteiger partial charge >= 0.3 is 0 Å². The predicted octanol–water partition coefficient (Wildman–Crippen LogP) is 5.01. The Morgan fingerprint density at radius 2 is 1.64 bits per heavy atom. The van der Waals surface area contributed by atoms with E-state index in [0.29, 0.717) is 5.56 Å². The molecule has 3 aromatic rings. The third-order valence-electron chi connectivity index (χ3n) is 4.99. The molecule has 1 aliphatic rings. The highest BCUT2D eigenvalue weighted by Crippen LogP contribution is 2.40. The highest BCUT2D eigenvalue weighted by molar-refractivity contribution is 5.88. The van der Waals surface area contributed by atoms with E-state index < -0.39 is 11.6 Å². The summed E-state index contributed by atoms with van der Waals surface area (Å²) in [5.74, 6) is -1.53. The van der Waals surface area contributed by atoms with Gasteiger partial charge in [0.05, 0.1) is 6.04 Å². The molecule has 1 atom stereocenters. The molecule has 1 fully saturated rings. The molecule has 0 aromatic heterocycles. The largest absolute Gasteiger partial charge is 0.508 e. The molecule has 0 saturated carbocycles. The average Bonchev–Trinajstić information content (AvgIpc) is 3.14. The van der Waals surface area contributed by atoms with Gasteiger partial charge in [-0.2, -0.15) is 0 Å². The molecule has 0 aliphatic carbocycles. The van der Waals surface area contributed by atoms with Crippen molar-refractivity contribution in [2.45, 2.75) is 18.9 Å². The maximum Gasteiger partial charge on any atom is 0.159 e. The number of fused-ring (bicyclic) bond motifs is 1. The van der Waals surface area contributed by atoms with E-state index in [1.807, 2.05) is 30.3 Å². The minimum atomic E-state index is -0.860. The molecule has 0 spiro atoms. The molecule has 1 heterocycles. The van der Waals surface area contributed by atoms with Gasteiger partial charge in [-0.3, -0.25) is 4.90 Å². The van der Waals surface area contributed by atoms with Crippen molar-refractivity contribution < 1.29 is 13.9 Å². The van der Waals surface area contributed by atoms with Crippen LogP contribution in [0.25, 0.3) is 10.8 Å². The standard InChI is InChI=1S/C21H19F2NO/c22-17-9-7-15(13-18(17)23)21(24-11-3-4-12-24)20-16-6-2-1-5-14(16)8-10-19(20)25/h1-2,5-10,13,21,25H,3-4,11-12H2. The Bertz CT molecular complexity index is 919. The van der Waals surface area contributed by atoms with Crippen LogP contribution in [0.15, 0.2) is 54.6 Å². The van der Waals surface area contributed by atoms with Crippen molar-refractivity contribution in [1.82, 2.24) is 4.90 Å². The molecule has 1 unspecified atom stereocenters. The van der Waals surface area contributed by atoms with Crippen LogP contribution in [0.1, 0.15) is 30.0 Å². The Labute approximate surface area is 145 Å². The topological polar surface area (TPSA) is 23.5 Å². The number of hydrogen-bond acceptors (Lipinski definition) is 2. The highest BCUT2D eigenvalue weighted by Gasteiger charge is 2.29. The van der Waals surface area contributed by atoms with E-state index in [1.54, 1.807) is 12.1 Å². The van der Waals surface area contributed by atoms with Gasteiger partial charge in [0, 0.05) is 5.56 Å². The molecule has 1 aliphatic heterocycles. The minimum Gasteiger partial charge on any atom is -0.508 e. The Kier molecular flexibility index (Phi) is 4.14. The lowest BCUT2D eigenvalue weighted by Gasteiger charge is -2.30. The summed E-state index contributed by atoms with van der Waals surface area (Å²) in [6, 6.07) is 15.1. The number of rotatable bonds is 3. The summed E-state index contributed by atoms with van der Waals surface area (Å²) in [7, 11) is 0. The fourth-order valence-corrected chi connectivity index (χ4v) is 3.81. The summed E-state index contributed by atoms with van der Waals surface area (Å²) in [6.45, 7) is 1.73.